The summed E-state index contributed by atoms with van der Waals surface area (Å²) in [6.07, 6.45) is 1.18. The van der Waals surface area contributed by atoms with E-state index in [0.717, 1.165) is 33.7 Å². The Morgan fingerprint density at radius 3 is 2.57 bits per heavy atom. The molecule has 1 atom stereocenters. The molecule has 0 bridgehead atoms. The van der Waals surface area contributed by atoms with Gasteiger partial charge in [0, 0.05) is 0 Å². The summed E-state index contributed by atoms with van der Waals surface area (Å²) in [5.74, 6) is -0.956. The molecule has 0 saturated carbocycles. The number of rotatable bonds is 9. The highest BCUT2D eigenvalue weighted by Crippen LogP contribution is 2.31. The Bertz CT molecular complexity index is 1030. The number of carbonyl (C=O) groups excluding carboxylic acids is 2. The van der Waals surface area contributed by atoms with Gasteiger partial charge in [0.1, 0.15) is 6.04 Å². The maximum Gasteiger partial charge on any atom is 0.316 e. The molecule has 0 unspecified atom stereocenters. The third kappa shape index (κ3) is 6.45. The lowest BCUT2D eigenvalue weighted by atomic mass is 10.2. The third-order valence-corrected chi connectivity index (χ3v) is 7.53. The monoisotopic (exact) mass is 512 g/mol. The Hall–Kier alpha value is -1.60. The van der Waals surface area contributed by atoms with Gasteiger partial charge in [-0.3, -0.25) is 19.2 Å². The first-order valence-electron chi connectivity index (χ1n) is 8.35. The van der Waals surface area contributed by atoms with Gasteiger partial charge >= 0.3 is 5.97 Å². The van der Waals surface area contributed by atoms with Gasteiger partial charge in [-0.05, 0) is 24.6 Å². The average molecular weight is 513 g/mol. The molecule has 0 aliphatic rings. The summed E-state index contributed by atoms with van der Waals surface area (Å²) < 4.78 is 30.9. The van der Waals surface area contributed by atoms with Crippen molar-refractivity contribution < 1.29 is 22.7 Å². The molecule has 0 spiro atoms. The highest BCUT2D eigenvalue weighted by molar-refractivity contribution is 8.01. The minimum absolute atomic E-state index is 0.0514. The molecular weight excluding hydrogens is 495 g/mol. The van der Waals surface area contributed by atoms with E-state index in [0.29, 0.717) is 4.34 Å². The number of hydrogen-bond donors (Lipinski definition) is 1. The largest absolute Gasteiger partial charge is 0.468 e. The molecule has 0 saturated heterocycles. The number of ether oxygens (including phenoxy) is 1. The number of nitrogens with zero attached hydrogens (tertiary/aromatic N) is 3. The number of nitrogens with one attached hydrogen (secondary N) is 1. The molecule has 0 fully saturated rings. The van der Waals surface area contributed by atoms with Crippen LogP contribution in [0, 0.1) is 0 Å². The summed E-state index contributed by atoms with van der Waals surface area (Å²) in [4.78, 5) is 24.1. The Morgan fingerprint density at radius 2 is 2.00 bits per heavy atom. The second kappa shape index (κ2) is 10.6. The summed E-state index contributed by atoms with van der Waals surface area (Å²) >= 11 is 14.1. The molecule has 1 aromatic heterocycles. The second-order valence-electron chi connectivity index (χ2n) is 5.81. The molecular formula is C16H18Cl2N4O5S3. The molecule has 164 valence electrons. The van der Waals surface area contributed by atoms with Crippen LogP contribution in [0.25, 0.3) is 0 Å². The van der Waals surface area contributed by atoms with Gasteiger partial charge in [-0.1, -0.05) is 53.2 Å². The van der Waals surface area contributed by atoms with Gasteiger partial charge in [0.05, 0.1) is 34.9 Å². The summed E-state index contributed by atoms with van der Waals surface area (Å²) in [7, 11) is -2.55. The normalized spacial score (nSPS) is 12.3. The zero-order chi connectivity index (χ0) is 22.5. The quantitative estimate of drug-likeness (QED) is 0.308. The van der Waals surface area contributed by atoms with Crippen LogP contribution in [-0.4, -0.2) is 55.7 Å². The molecule has 0 aliphatic carbocycles. The number of aromatic nitrogens is 2. The molecule has 14 heteroatoms. The molecule has 9 nitrogen and oxygen atoms in total. The van der Waals surface area contributed by atoms with Gasteiger partial charge in [0.2, 0.25) is 21.1 Å². The predicted molar refractivity (Wildman–Crippen MR) is 119 cm³/mol. The number of halogens is 2. The summed E-state index contributed by atoms with van der Waals surface area (Å²) in [6, 6.07) is 3.25. The highest BCUT2D eigenvalue weighted by atomic mass is 35.5. The molecule has 1 aromatic carbocycles. The second-order valence-corrected chi connectivity index (χ2v) is 10.7. The lowest BCUT2D eigenvalue weighted by molar-refractivity contribution is -0.137. The Morgan fingerprint density at radius 1 is 1.30 bits per heavy atom. The Kier molecular flexibility index (Phi) is 8.73. The number of benzene rings is 1. The van der Waals surface area contributed by atoms with Crippen molar-refractivity contribution in [3.8, 4) is 0 Å². The van der Waals surface area contributed by atoms with E-state index in [-0.39, 0.29) is 33.0 Å². The number of hydrogen-bond acceptors (Lipinski definition) is 9. The number of carbonyl (C=O) groups is 2. The highest BCUT2D eigenvalue weighted by Gasteiger charge is 2.32. The van der Waals surface area contributed by atoms with E-state index in [9.17, 15) is 18.0 Å². The van der Waals surface area contributed by atoms with Crippen LogP contribution < -0.4 is 9.62 Å². The number of methoxy groups -OCH3 is 1. The number of thioether (sulfide) groups is 1. The topological polar surface area (TPSA) is 119 Å². The number of amides is 1. The van der Waals surface area contributed by atoms with Gasteiger partial charge in [0.25, 0.3) is 0 Å². The summed E-state index contributed by atoms with van der Waals surface area (Å²) in [5, 5.41) is 10.9. The van der Waals surface area contributed by atoms with Crippen LogP contribution in [-0.2, 0) is 24.3 Å². The molecule has 0 aliphatic heterocycles. The van der Waals surface area contributed by atoms with E-state index in [1.807, 2.05) is 0 Å². The number of esters is 1. The van der Waals surface area contributed by atoms with Gasteiger partial charge < -0.3 is 4.74 Å². The molecule has 30 heavy (non-hydrogen) atoms. The van der Waals surface area contributed by atoms with E-state index >= 15 is 0 Å². The fraction of sp³-hybridized carbons (Fsp3) is 0.375. The van der Waals surface area contributed by atoms with Crippen LogP contribution >= 0.6 is 46.3 Å². The molecule has 0 radical (unpaired) electrons. The first-order valence-corrected chi connectivity index (χ1v) is 12.8. The van der Waals surface area contributed by atoms with Crippen molar-refractivity contribution in [2.75, 3.05) is 28.7 Å². The van der Waals surface area contributed by atoms with Crippen molar-refractivity contribution in [3.05, 3.63) is 28.2 Å². The fourth-order valence-electron chi connectivity index (χ4n) is 2.37. The number of sulfonamides is 1. The van der Waals surface area contributed by atoms with Crippen LogP contribution in [0.3, 0.4) is 0 Å². The maximum atomic E-state index is 12.9. The molecule has 2 aromatic rings. The van der Waals surface area contributed by atoms with E-state index in [2.05, 4.69) is 20.3 Å². The van der Waals surface area contributed by atoms with Crippen molar-refractivity contribution in [1.82, 2.24) is 10.2 Å². The van der Waals surface area contributed by atoms with E-state index < -0.39 is 27.9 Å². The first-order chi connectivity index (χ1) is 14.1. The standard InChI is InChI=1S/C16H18Cl2N4O5S3/c1-4-12(22(30(3,25)26)9-5-6-10(17)11(18)7-9)14(24)19-15-20-21-16(29-15)28-8-13(23)27-2/h5-7,12H,4,8H2,1-3H3,(H,19,20,24)/t12-/m0/s1. The van der Waals surface area contributed by atoms with Crippen molar-refractivity contribution >= 4 is 79.0 Å². The number of anilines is 2. The smallest absolute Gasteiger partial charge is 0.316 e. The van der Waals surface area contributed by atoms with Gasteiger partial charge in [-0.15, -0.1) is 10.2 Å². The average Bonchev–Trinajstić information content (AvgIpc) is 3.12. The van der Waals surface area contributed by atoms with Crippen molar-refractivity contribution in [2.45, 2.75) is 23.7 Å². The summed E-state index contributed by atoms with van der Waals surface area (Å²) in [6.45, 7) is 1.68. The minimum Gasteiger partial charge on any atom is -0.468 e. The first kappa shape index (κ1) is 24.7. The molecule has 1 heterocycles. The van der Waals surface area contributed by atoms with Gasteiger partial charge in [0.15, 0.2) is 4.34 Å². The lowest BCUT2D eigenvalue weighted by Gasteiger charge is -2.30. The van der Waals surface area contributed by atoms with Crippen molar-refractivity contribution in [2.24, 2.45) is 0 Å². The van der Waals surface area contributed by atoms with Crippen LogP contribution in [0.15, 0.2) is 22.5 Å². The maximum absolute atomic E-state index is 12.9. The molecule has 2 rings (SSSR count). The Labute approximate surface area is 192 Å². The van der Waals surface area contributed by atoms with Crippen LogP contribution in [0.4, 0.5) is 10.8 Å². The van der Waals surface area contributed by atoms with Crippen molar-refractivity contribution in [1.29, 1.82) is 0 Å². The lowest BCUT2D eigenvalue weighted by Crippen LogP contribution is -2.47. The van der Waals surface area contributed by atoms with Gasteiger partial charge in [-0.25, -0.2) is 8.42 Å². The summed E-state index contributed by atoms with van der Waals surface area (Å²) in [5.41, 5.74) is 0.209. The van der Waals surface area contributed by atoms with E-state index in [4.69, 9.17) is 23.2 Å². The third-order valence-electron chi connectivity index (χ3n) is 3.67. The SMILES string of the molecule is CC[C@@H](C(=O)Nc1nnc(SCC(=O)OC)s1)N(c1ccc(Cl)c(Cl)c1)S(C)(=O)=O. The van der Waals surface area contributed by atoms with Crippen molar-refractivity contribution in [3.63, 3.8) is 0 Å². The zero-order valence-corrected chi connectivity index (χ0v) is 20.0. The van der Waals surface area contributed by atoms with Crippen LogP contribution in [0.1, 0.15) is 13.3 Å². The van der Waals surface area contributed by atoms with E-state index in [1.54, 1.807) is 6.92 Å². The molecule has 1 amide bonds. The minimum atomic E-state index is -3.83. The fourth-order valence-corrected chi connectivity index (χ4v) is 5.45. The Balaban J connectivity index is 2.23. The zero-order valence-electron chi connectivity index (χ0n) is 16.1. The molecule has 1 N–H and O–H groups in total. The predicted octanol–water partition coefficient (Wildman–Crippen LogP) is 3.29. The van der Waals surface area contributed by atoms with Crippen LogP contribution in [0.2, 0.25) is 10.0 Å². The van der Waals surface area contributed by atoms with Crippen LogP contribution in [0.5, 0.6) is 0 Å². The van der Waals surface area contributed by atoms with E-state index in [1.165, 1.54) is 25.3 Å². The van der Waals surface area contributed by atoms with Gasteiger partial charge in [-0.2, -0.15) is 0 Å².